The van der Waals surface area contributed by atoms with Gasteiger partial charge in [0.15, 0.2) is 0 Å². The largest absolute Gasteiger partial charge is 0.354 e. The fourth-order valence-corrected chi connectivity index (χ4v) is 3.36. The van der Waals surface area contributed by atoms with Gasteiger partial charge in [0.2, 0.25) is 0 Å². The first-order valence-corrected chi connectivity index (χ1v) is 7.42. The molecule has 0 bridgehead atoms. The fraction of sp³-hybridized carbons (Fsp3) is 0.200. The van der Waals surface area contributed by atoms with Gasteiger partial charge in [-0.2, -0.15) is 0 Å². The van der Waals surface area contributed by atoms with Crippen LogP contribution >= 0.6 is 23.4 Å². The summed E-state index contributed by atoms with van der Waals surface area (Å²) in [6.45, 7) is 2.18. The lowest BCUT2D eigenvalue weighted by atomic mass is 10.1. The molecule has 0 aromatic heterocycles. The second-order valence-corrected chi connectivity index (χ2v) is 5.73. The molecule has 0 amide bonds. The lowest BCUT2D eigenvalue weighted by molar-refractivity contribution is 1.12. The maximum Gasteiger partial charge on any atom is 0.0526 e. The van der Waals surface area contributed by atoms with Gasteiger partial charge in [-0.25, -0.2) is 0 Å². The van der Waals surface area contributed by atoms with Crippen LogP contribution in [0.25, 0.3) is 0 Å². The maximum absolute atomic E-state index is 5.89. The van der Waals surface area contributed by atoms with Gasteiger partial charge in [0.1, 0.15) is 0 Å². The van der Waals surface area contributed by atoms with E-state index in [1.165, 1.54) is 32.3 Å². The summed E-state index contributed by atoms with van der Waals surface area (Å²) in [5.41, 5.74) is 4.91. The van der Waals surface area contributed by atoms with Gasteiger partial charge in [-0.1, -0.05) is 30.8 Å². The Bertz CT molecular complexity index is 544. The summed E-state index contributed by atoms with van der Waals surface area (Å²) in [6, 6.07) is 13.0. The number of anilines is 2. The fourth-order valence-electron chi connectivity index (χ4n) is 2.08. The molecule has 0 saturated carbocycles. The molecule has 0 unspecified atom stereocenters. The molecular weight excluding hydrogens is 262 g/mol. The van der Waals surface area contributed by atoms with Crippen LogP contribution in [-0.4, -0.2) is 0 Å². The minimum absolute atomic E-state index is 0.565. The highest BCUT2D eigenvalue weighted by atomic mass is 35.5. The van der Waals surface area contributed by atoms with Crippen LogP contribution in [0.2, 0.25) is 0 Å². The Balaban J connectivity index is 2.01. The molecule has 0 atom stereocenters. The van der Waals surface area contributed by atoms with Crippen molar-refractivity contribution in [2.24, 2.45) is 0 Å². The quantitative estimate of drug-likeness (QED) is 0.646. The number of halogens is 1. The summed E-state index contributed by atoms with van der Waals surface area (Å²) >= 11 is 7.71. The number of aryl methyl sites for hydroxylation is 1. The number of hydrogen-bond acceptors (Lipinski definition) is 2. The van der Waals surface area contributed by atoms with Crippen molar-refractivity contribution in [1.82, 2.24) is 0 Å². The first-order chi connectivity index (χ1) is 8.80. The van der Waals surface area contributed by atoms with E-state index in [-0.39, 0.29) is 0 Å². The molecule has 1 heterocycles. The molecular formula is C15H14ClNS. The van der Waals surface area contributed by atoms with Gasteiger partial charge in [0.05, 0.1) is 11.4 Å². The number of rotatable bonds is 2. The van der Waals surface area contributed by atoms with Crippen molar-refractivity contribution in [2.45, 2.75) is 29.0 Å². The van der Waals surface area contributed by atoms with E-state index in [1.54, 1.807) is 0 Å². The average Bonchev–Trinajstić information content (AvgIpc) is 2.43. The third-order valence-corrected chi connectivity index (χ3v) is 4.57. The molecule has 1 N–H and O–H groups in total. The van der Waals surface area contributed by atoms with Crippen LogP contribution in [-0.2, 0) is 12.3 Å². The predicted octanol–water partition coefficient (Wildman–Crippen LogP) is 5.20. The minimum Gasteiger partial charge on any atom is -0.354 e. The van der Waals surface area contributed by atoms with Crippen molar-refractivity contribution < 1.29 is 0 Å². The molecule has 2 aromatic carbocycles. The lowest BCUT2D eigenvalue weighted by Gasteiger charge is -2.21. The van der Waals surface area contributed by atoms with E-state index < -0.39 is 0 Å². The predicted molar refractivity (Wildman–Crippen MR) is 79.2 cm³/mol. The normalized spacial score (nSPS) is 12.6. The van der Waals surface area contributed by atoms with E-state index in [0.717, 1.165) is 6.42 Å². The Morgan fingerprint density at radius 2 is 1.61 bits per heavy atom. The zero-order valence-electron chi connectivity index (χ0n) is 10.2. The zero-order chi connectivity index (χ0) is 12.5. The van der Waals surface area contributed by atoms with Gasteiger partial charge in [-0.15, -0.1) is 11.6 Å². The third kappa shape index (κ3) is 2.11. The molecule has 0 fully saturated rings. The first kappa shape index (κ1) is 11.9. The van der Waals surface area contributed by atoms with E-state index in [9.17, 15) is 0 Å². The maximum atomic E-state index is 5.89. The van der Waals surface area contributed by atoms with E-state index in [4.69, 9.17) is 11.6 Å². The monoisotopic (exact) mass is 275 g/mol. The van der Waals surface area contributed by atoms with E-state index >= 15 is 0 Å². The summed E-state index contributed by atoms with van der Waals surface area (Å²) in [7, 11) is 0. The molecule has 0 saturated heterocycles. The Morgan fingerprint density at radius 1 is 1.00 bits per heavy atom. The summed E-state index contributed by atoms with van der Waals surface area (Å²) in [6.07, 6.45) is 1.07. The van der Waals surface area contributed by atoms with Crippen molar-refractivity contribution in [3.8, 4) is 0 Å². The van der Waals surface area contributed by atoms with Crippen molar-refractivity contribution in [3.63, 3.8) is 0 Å². The summed E-state index contributed by atoms with van der Waals surface area (Å²) in [5, 5.41) is 3.48. The van der Waals surface area contributed by atoms with Crippen LogP contribution in [0.3, 0.4) is 0 Å². The van der Waals surface area contributed by atoms with Crippen molar-refractivity contribution in [1.29, 1.82) is 0 Å². The van der Waals surface area contributed by atoms with Gasteiger partial charge in [-0.05, 0) is 41.8 Å². The molecule has 2 aromatic rings. The van der Waals surface area contributed by atoms with Crippen molar-refractivity contribution in [2.75, 3.05) is 5.32 Å². The SMILES string of the molecule is CCc1ccc2c(c1)Sc1cc(CCl)ccc1N2. The Labute approximate surface area is 117 Å². The van der Waals surface area contributed by atoms with E-state index in [1.807, 2.05) is 11.8 Å². The second-order valence-electron chi connectivity index (χ2n) is 4.38. The topological polar surface area (TPSA) is 12.0 Å². The van der Waals surface area contributed by atoms with Crippen LogP contribution in [0.1, 0.15) is 18.1 Å². The zero-order valence-corrected chi connectivity index (χ0v) is 11.7. The van der Waals surface area contributed by atoms with Gasteiger partial charge in [0, 0.05) is 15.7 Å². The second kappa shape index (κ2) is 4.87. The van der Waals surface area contributed by atoms with E-state index in [0.29, 0.717) is 5.88 Å². The molecule has 0 spiro atoms. The average molecular weight is 276 g/mol. The van der Waals surface area contributed by atoms with E-state index in [2.05, 4.69) is 48.6 Å². The Morgan fingerprint density at radius 3 is 2.22 bits per heavy atom. The molecule has 1 aliphatic rings. The summed E-state index contributed by atoms with van der Waals surface area (Å²) in [4.78, 5) is 2.56. The number of hydrogen-bond donors (Lipinski definition) is 1. The summed E-state index contributed by atoms with van der Waals surface area (Å²) in [5.74, 6) is 0.565. The molecule has 3 heteroatoms. The first-order valence-electron chi connectivity index (χ1n) is 6.07. The number of nitrogens with one attached hydrogen (secondary N) is 1. The van der Waals surface area contributed by atoms with Crippen molar-refractivity contribution >= 4 is 34.7 Å². The standard InChI is InChI=1S/C15H14ClNS/c1-2-10-3-5-12-14(7-10)18-15-8-11(9-16)4-6-13(15)17-12/h3-8,17H,2,9H2,1H3. The van der Waals surface area contributed by atoms with Crippen LogP contribution < -0.4 is 5.32 Å². The molecule has 92 valence electrons. The van der Waals surface area contributed by atoms with Crippen LogP contribution in [0, 0.1) is 0 Å². The van der Waals surface area contributed by atoms with Gasteiger partial charge < -0.3 is 5.32 Å². The third-order valence-electron chi connectivity index (χ3n) is 3.14. The van der Waals surface area contributed by atoms with Crippen LogP contribution in [0.5, 0.6) is 0 Å². The van der Waals surface area contributed by atoms with Gasteiger partial charge in [0.25, 0.3) is 0 Å². The van der Waals surface area contributed by atoms with Gasteiger partial charge in [-0.3, -0.25) is 0 Å². The summed E-state index contributed by atoms with van der Waals surface area (Å²) < 4.78 is 0. The number of alkyl halides is 1. The molecule has 1 nitrogen and oxygen atoms in total. The van der Waals surface area contributed by atoms with Crippen LogP contribution in [0.4, 0.5) is 11.4 Å². The number of fused-ring (bicyclic) bond motifs is 2. The highest BCUT2D eigenvalue weighted by Crippen LogP contribution is 2.44. The molecule has 0 radical (unpaired) electrons. The minimum atomic E-state index is 0.565. The molecule has 3 rings (SSSR count). The Kier molecular flexibility index (Phi) is 3.23. The number of benzene rings is 2. The lowest BCUT2D eigenvalue weighted by Crippen LogP contribution is -2.00. The molecule has 1 aliphatic heterocycles. The Hall–Kier alpha value is -1.12. The van der Waals surface area contributed by atoms with Crippen molar-refractivity contribution in [3.05, 3.63) is 47.5 Å². The smallest absolute Gasteiger partial charge is 0.0526 e. The highest BCUT2D eigenvalue weighted by Gasteiger charge is 2.15. The highest BCUT2D eigenvalue weighted by molar-refractivity contribution is 7.99. The molecule has 0 aliphatic carbocycles. The molecule has 18 heavy (non-hydrogen) atoms. The van der Waals surface area contributed by atoms with Gasteiger partial charge >= 0.3 is 0 Å². The van der Waals surface area contributed by atoms with Crippen LogP contribution in [0.15, 0.2) is 46.2 Å².